The molecule has 0 aliphatic carbocycles. The Morgan fingerprint density at radius 1 is 1.43 bits per heavy atom. The summed E-state index contributed by atoms with van der Waals surface area (Å²) in [5, 5.41) is 0. The van der Waals surface area contributed by atoms with Crippen LogP contribution in [0.2, 0.25) is 0 Å². The Labute approximate surface area is 83.9 Å². The molecule has 1 aromatic rings. The molecule has 0 aromatic heterocycles. The highest BCUT2D eigenvalue weighted by Gasteiger charge is 2.06. The van der Waals surface area contributed by atoms with Gasteiger partial charge in [0.15, 0.2) is 0 Å². The number of hydrogen-bond donors (Lipinski definition) is 1. The molecule has 0 aliphatic heterocycles. The predicted molar refractivity (Wildman–Crippen MR) is 54.9 cm³/mol. The number of benzene rings is 1. The molecule has 2 N–H and O–H groups in total. The van der Waals surface area contributed by atoms with Gasteiger partial charge in [-0.05, 0) is 12.5 Å². The Balaban J connectivity index is 2.70. The third kappa shape index (κ3) is 2.85. The van der Waals surface area contributed by atoms with E-state index >= 15 is 0 Å². The van der Waals surface area contributed by atoms with E-state index in [9.17, 15) is 4.79 Å². The molecule has 0 aliphatic rings. The summed E-state index contributed by atoms with van der Waals surface area (Å²) in [6.45, 7) is 2.33. The lowest BCUT2D eigenvalue weighted by molar-refractivity contribution is -0.134. The van der Waals surface area contributed by atoms with Gasteiger partial charge in [0, 0.05) is 18.5 Å². The minimum absolute atomic E-state index is 0.201. The van der Waals surface area contributed by atoms with Gasteiger partial charge in [-0.1, -0.05) is 25.1 Å². The van der Waals surface area contributed by atoms with Crippen molar-refractivity contribution in [1.82, 2.24) is 0 Å². The minimum Gasteiger partial charge on any atom is -0.426 e. The average molecular weight is 193 g/mol. The SMILES string of the molecule is CCCC(=O)Oc1ccccc1CN. The molecule has 0 heterocycles. The van der Waals surface area contributed by atoms with E-state index in [-0.39, 0.29) is 5.97 Å². The van der Waals surface area contributed by atoms with Gasteiger partial charge in [0.1, 0.15) is 5.75 Å². The van der Waals surface area contributed by atoms with E-state index in [0.29, 0.717) is 18.7 Å². The number of hydrogen-bond acceptors (Lipinski definition) is 3. The molecule has 76 valence electrons. The van der Waals surface area contributed by atoms with Gasteiger partial charge in [0.05, 0.1) is 0 Å². The van der Waals surface area contributed by atoms with Crippen LogP contribution in [-0.2, 0) is 11.3 Å². The predicted octanol–water partition coefficient (Wildman–Crippen LogP) is 1.85. The summed E-state index contributed by atoms with van der Waals surface area (Å²) in [4.78, 5) is 11.2. The largest absolute Gasteiger partial charge is 0.426 e. The van der Waals surface area contributed by atoms with Gasteiger partial charge in [-0.2, -0.15) is 0 Å². The van der Waals surface area contributed by atoms with E-state index in [0.717, 1.165) is 12.0 Å². The lowest BCUT2D eigenvalue weighted by Crippen LogP contribution is -2.09. The number of para-hydroxylation sites is 1. The molecule has 0 bridgehead atoms. The molecule has 14 heavy (non-hydrogen) atoms. The van der Waals surface area contributed by atoms with Crippen molar-refractivity contribution < 1.29 is 9.53 Å². The first-order valence-electron chi connectivity index (χ1n) is 4.76. The van der Waals surface area contributed by atoms with Crippen LogP contribution >= 0.6 is 0 Å². The van der Waals surface area contributed by atoms with Crippen LogP contribution in [0.3, 0.4) is 0 Å². The van der Waals surface area contributed by atoms with E-state index in [1.54, 1.807) is 6.07 Å². The van der Waals surface area contributed by atoms with Crippen molar-refractivity contribution in [3.63, 3.8) is 0 Å². The fourth-order valence-corrected chi connectivity index (χ4v) is 1.15. The topological polar surface area (TPSA) is 52.3 Å². The van der Waals surface area contributed by atoms with Crippen molar-refractivity contribution in [3.8, 4) is 5.75 Å². The van der Waals surface area contributed by atoms with Crippen LogP contribution in [0.15, 0.2) is 24.3 Å². The van der Waals surface area contributed by atoms with Gasteiger partial charge in [-0.3, -0.25) is 4.79 Å². The van der Waals surface area contributed by atoms with E-state index in [4.69, 9.17) is 10.5 Å². The fourth-order valence-electron chi connectivity index (χ4n) is 1.15. The maximum absolute atomic E-state index is 11.2. The zero-order valence-electron chi connectivity index (χ0n) is 8.32. The fraction of sp³-hybridized carbons (Fsp3) is 0.364. The Bertz CT molecular complexity index is 310. The second-order valence-electron chi connectivity index (χ2n) is 3.04. The van der Waals surface area contributed by atoms with Gasteiger partial charge in [-0.25, -0.2) is 0 Å². The third-order valence-electron chi connectivity index (χ3n) is 1.87. The molecule has 0 saturated carbocycles. The average Bonchev–Trinajstić information content (AvgIpc) is 2.19. The van der Waals surface area contributed by atoms with E-state index < -0.39 is 0 Å². The first-order valence-corrected chi connectivity index (χ1v) is 4.76. The number of carbonyl (C=O) groups is 1. The minimum atomic E-state index is -0.201. The first kappa shape index (κ1) is 10.7. The molecule has 1 rings (SSSR count). The Hall–Kier alpha value is -1.35. The van der Waals surface area contributed by atoms with Gasteiger partial charge in [-0.15, -0.1) is 0 Å². The van der Waals surface area contributed by atoms with Crippen molar-refractivity contribution in [2.75, 3.05) is 0 Å². The van der Waals surface area contributed by atoms with Crippen LogP contribution in [0.4, 0.5) is 0 Å². The number of carbonyl (C=O) groups excluding carboxylic acids is 1. The van der Waals surface area contributed by atoms with Gasteiger partial charge >= 0.3 is 5.97 Å². The van der Waals surface area contributed by atoms with Crippen LogP contribution in [0.5, 0.6) is 5.75 Å². The van der Waals surface area contributed by atoms with Crippen molar-refractivity contribution in [1.29, 1.82) is 0 Å². The summed E-state index contributed by atoms with van der Waals surface area (Å²) in [6.07, 6.45) is 1.24. The normalized spacial score (nSPS) is 9.86. The summed E-state index contributed by atoms with van der Waals surface area (Å²) in [5.74, 6) is 0.377. The lowest BCUT2D eigenvalue weighted by Gasteiger charge is -2.07. The number of rotatable bonds is 4. The third-order valence-corrected chi connectivity index (χ3v) is 1.87. The summed E-state index contributed by atoms with van der Waals surface area (Å²) >= 11 is 0. The molecule has 3 nitrogen and oxygen atoms in total. The maximum atomic E-state index is 11.2. The lowest BCUT2D eigenvalue weighted by atomic mass is 10.2. The van der Waals surface area contributed by atoms with Gasteiger partial charge in [0.2, 0.25) is 0 Å². The molecule has 0 atom stereocenters. The highest BCUT2D eigenvalue weighted by Crippen LogP contribution is 2.17. The maximum Gasteiger partial charge on any atom is 0.311 e. The van der Waals surface area contributed by atoms with Crippen LogP contribution in [0, 0.1) is 0 Å². The molecule has 0 amide bonds. The number of ether oxygens (including phenoxy) is 1. The number of nitrogens with two attached hydrogens (primary N) is 1. The Morgan fingerprint density at radius 3 is 2.79 bits per heavy atom. The van der Waals surface area contributed by atoms with Crippen molar-refractivity contribution in [3.05, 3.63) is 29.8 Å². The van der Waals surface area contributed by atoms with Crippen LogP contribution in [0.1, 0.15) is 25.3 Å². The summed E-state index contributed by atoms with van der Waals surface area (Å²) in [5.41, 5.74) is 6.37. The summed E-state index contributed by atoms with van der Waals surface area (Å²) < 4.78 is 5.16. The molecule has 1 aromatic carbocycles. The molecule has 0 fully saturated rings. The highest BCUT2D eigenvalue weighted by atomic mass is 16.5. The Morgan fingerprint density at radius 2 is 2.14 bits per heavy atom. The van der Waals surface area contributed by atoms with Crippen molar-refractivity contribution in [2.45, 2.75) is 26.3 Å². The summed E-state index contributed by atoms with van der Waals surface area (Å²) in [6, 6.07) is 7.32. The van der Waals surface area contributed by atoms with E-state index in [2.05, 4.69) is 0 Å². The van der Waals surface area contributed by atoms with E-state index in [1.807, 2.05) is 25.1 Å². The van der Waals surface area contributed by atoms with E-state index in [1.165, 1.54) is 0 Å². The zero-order chi connectivity index (χ0) is 10.4. The molecule has 0 radical (unpaired) electrons. The quantitative estimate of drug-likeness (QED) is 0.586. The van der Waals surface area contributed by atoms with Crippen molar-refractivity contribution >= 4 is 5.97 Å². The molecule has 0 spiro atoms. The van der Waals surface area contributed by atoms with Gasteiger partial charge in [0.25, 0.3) is 0 Å². The number of esters is 1. The highest BCUT2D eigenvalue weighted by molar-refractivity contribution is 5.72. The second kappa shape index (κ2) is 5.40. The molecular weight excluding hydrogens is 178 g/mol. The zero-order valence-corrected chi connectivity index (χ0v) is 8.32. The standard InChI is InChI=1S/C11H15NO2/c1-2-5-11(13)14-10-7-4-3-6-9(10)8-12/h3-4,6-7H,2,5,8,12H2,1H3. The van der Waals surface area contributed by atoms with Gasteiger partial charge < -0.3 is 10.5 Å². The molecular formula is C11H15NO2. The van der Waals surface area contributed by atoms with Crippen LogP contribution < -0.4 is 10.5 Å². The summed E-state index contributed by atoms with van der Waals surface area (Å²) in [7, 11) is 0. The molecule has 0 unspecified atom stereocenters. The van der Waals surface area contributed by atoms with Crippen LogP contribution in [0.25, 0.3) is 0 Å². The van der Waals surface area contributed by atoms with Crippen LogP contribution in [-0.4, -0.2) is 5.97 Å². The van der Waals surface area contributed by atoms with Crippen molar-refractivity contribution in [2.24, 2.45) is 5.73 Å². The molecule has 3 heteroatoms. The smallest absolute Gasteiger partial charge is 0.311 e. The monoisotopic (exact) mass is 193 g/mol. The second-order valence-corrected chi connectivity index (χ2v) is 3.04. The first-order chi connectivity index (χ1) is 6.77. The molecule has 0 saturated heterocycles. The Kier molecular flexibility index (Phi) is 4.13.